The molecule has 2 rings (SSSR count). The number of rotatable bonds is 5. The van der Waals surface area contributed by atoms with Crippen LogP contribution in [0.2, 0.25) is 0 Å². The van der Waals surface area contributed by atoms with Crippen molar-refractivity contribution in [3.8, 4) is 0 Å². The number of nitrogens with zero attached hydrogens (tertiary/aromatic N) is 1. The van der Waals surface area contributed by atoms with E-state index in [1.54, 1.807) is 0 Å². The van der Waals surface area contributed by atoms with E-state index in [0.717, 1.165) is 36.8 Å². The van der Waals surface area contributed by atoms with Crippen molar-refractivity contribution in [1.29, 1.82) is 0 Å². The lowest BCUT2D eigenvalue weighted by molar-refractivity contribution is -0.139. The van der Waals surface area contributed by atoms with Crippen LogP contribution in [-0.4, -0.2) is 37.3 Å². The number of methoxy groups -OCH3 is 1. The molecule has 2 heterocycles. The van der Waals surface area contributed by atoms with E-state index >= 15 is 0 Å². The van der Waals surface area contributed by atoms with Gasteiger partial charge in [-0.05, 0) is 12.8 Å². The van der Waals surface area contributed by atoms with Gasteiger partial charge in [0.15, 0.2) is 5.13 Å². The van der Waals surface area contributed by atoms with E-state index in [-0.39, 0.29) is 12.4 Å². The van der Waals surface area contributed by atoms with Gasteiger partial charge in [0, 0.05) is 18.5 Å². The predicted octanol–water partition coefficient (Wildman–Crippen LogP) is 1.45. The van der Waals surface area contributed by atoms with E-state index in [0.29, 0.717) is 6.10 Å². The van der Waals surface area contributed by atoms with Crippen molar-refractivity contribution >= 4 is 22.4 Å². The number of aromatic nitrogens is 1. The molecule has 0 aromatic carbocycles. The summed E-state index contributed by atoms with van der Waals surface area (Å²) in [5.74, 6) is -0.263. The molecule has 1 aromatic rings. The molecule has 0 saturated carbocycles. The standard InChI is InChI=1S/C11H16N2O3S/c1-15-10(14)5-8-7-17-11(13-8)12-6-9-3-2-4-16-9/h7,9H,2-6H2,1H3,(H,12,13)/t9-/m1/s1. The summed E-state index contributed by atoms with van der Waals surface area (Å²) < 4.78 is 10.1. The summed E-state index contributed by atoms with van der Waals surface area (Å²) in [5, 5.41) is 5.93. The maximum absolute atomic E-state index is 11.1. The first-order valence-electron chi connectivity index (χ1n) is 5.64. The highest BCUT2D eigenvalue weighted by molar-refractivity contribution is 7.13. The number of carbonyl (C=O) groups is 1. The summed E-state index contributed by atoms with van der Waals surface area (Å²) in [7, 11) is 1.38. The van der Waals surface area contributed by atoms with Gasteiger partial charge in [-0.3, -0.25) is 4.79 Å². The smallest absolute Gasteiger partial charge is 0.311 e. The topological polar surface area (TPSA) is 60.5 Å². The SMILES string of the molecule is COC(=O)Cc1csc(NC[C@H]2CCCO2)n1. The van der Waals surface area contributed by atoms with Crippen molar-refractivity contribution in [3.63, 3.8) is 0 Å². The van der Waals surface area contributed by atoms with Crippen LogP contribution in [-0.2, 0) is 20.7 Å². The fourth-order valence-corrected chi connectivity index (χ4v) is 2.42. The molecule has 1 aliphatic rings. The second kappa shape index (κ2) is 5.97. The van der Waals surface area contributed by atoms with Crippen LogP contribution in [0, 0.1) is 0 Å². The van der Waals surface area contributed by atoms with Crippen LogP contribution in [0.15, 0.2) is 5.38 Å². The molecular weight excluding hydrogens is 240 g/mol. The third kappa shape index (κ3) is 3.67. The molecule has 1 N–H and O–H groups in total. The number of esters is 1. The second-order valence-corrected chi connectivity index (χ2v) is 4.77. The highest BCUT2D eigenvalue weighted by Crippen LogP contribution is 2.18. The third-order valence-corrected chi connectivity index (χ3v) is 3.46. The fraction of sp³-hybridized carbons (Fsp3) is 0.636. The number of carbonyl (C=O) groups excluding carboxylic acids is 1. The summed E-state index contributed by atoms with van der Waals surface area (Å²) in [6.07, 6.45) is 2.77. The number of ether oxygens (including phenoxy) is 2. The van der Waals surface area contributed by atoms with Gasteiger partial charge < -0.3 is 14.8 Å². The lowest BCUT2D eigenvalue weighted by Gasteiger charge is -2.09. The zero-order chi connectivity index (χ0) is 12.1. The second-order valence-electron chi connectivity index (χ2n) is 3.91. The summed E-state index contributed by atoms with van der Waals surface area (Å²) in [5.41, 5.74) is 0.747. The largest absolute Gasteiger partial charge is 0.469 e. The molecule has 0 bridgehead atoms. The molecule has 1 aromatic heterocycles. The van der Waals surface area contributed by atoms with E-state index in [1.165, 1.54) is 18.4 Å². The Labute approximate surface area is 104 Å². The Hall–Kier alpha value is -1.14. The number of thiazole rings is 1. The molecule has 0 aliphatic carbocycles. The molecule has 1 saturated heterocycles. The van der Waals surface area contributed by atoms with Crippen LogP contribution in [0.3, 0.4) is 0 Å². The Morgan fingerprint density at radius 1 is 1.76 bits per heavy atom. The van der Waals surface area contributed by atoms with Gasteiger partial charge >= 0.3 is 5.97 Å². The van der Waals surface area contributed by atoms with Crippen molar-refractivity contribution in [2.45, 2.75) is 25.4 Å². The van der Waals surface area contributed by atoms with Crippen molar-refractivity contribution in [2.24, 2.45) is 0 Å². The van der Waals surface area contributed by atoms with Gasteiger partial charge in [0.25, 0.3) is 0 Å². The highest BCUT2D eigenvalue weighted by Gasteiger charge is 2.15. The van der Waals surface area contributed by atoms with E-state index < -0.39 is 0 Å². The Balaban J connectivity index is 1.79. The summed E-state index contributed by atoms with van der Waals surface area (Å²) in [6, 6.07) is 0. The van der Waals surface area contributed by atoms with Crippen molar-refractivity contribution < 1.29 is 14.3 Å². The maximum Gasteiger partial charge on any atom is 0.311 e. The zero-order valence-electron chi connectivity index (χ0n) is 9.77. The summed E-state index contributed by atoms with van der Waals surface area (Å²) in [4.78, 5) is 15.4. The first-order valence-corrected chi connectivity index (χ1v) is 6.52. The first kappa shape index (κ1) is 12.3. The normalized spacial score (nSPS) is 19.2. The number of nitrogens with one attached hydrogen (secondary N) is 1. The monoisotopic (exact) mass is 256 g/mol. The summed E-state index contributed by atoms with van der Waals surface area (Å²) in [6.45, 7) is 1.64. The Bertz CT molecular complexity index is 375. The van der Waals surface area contributed by atoms with Gasteiger partial charge in [-0.25, -0.2) is 4.98 Å². The minimum Gasteiger partial charge on any atom is -0.469 e. The van der Waals surface area contributed by atoms with Gasteiger partial charge in [0.1, 0.15) is 0 Å². The van der Waals surface area contributed by atoms with Crippen LogP contribution in [0.1, 0.15) is 18.5 Å². The van der Waals surface area contributed by atoms with Crippen LogP contribution >= 0.6 is 11.3 Å². The first-order chi connectivity index (χ1) is 8.28. The quantitative estimate of drug-likeness (QED) is 0.808. The lowest BCUT2D eigenvalue weighted by atomic mass is 10.2. The van der Waals surface area contributed by atoms with Gasteiger partial charge in [-0.1, -0.05) is 0 Å². The molecule has 1 aliphatic heterocycles. The molecule has 0 amide bonds. The zero-order valence-corrected chi connectivity index (χ0v) is 10.6. The molecule has 0 spiro atoms. The molecule has 94 valence electrons. The number of hydrogen-bond donors (Lipinski definition) is 1. The van der Waals surface area contributed by atoms with Crippen LogP contribution in [0.25, 0.3) is 0 Å². The molecular formula is C11H16N2O3S. The molecule has 1 atom stereocenters. The molecule has 17 heavy (non-hydrogen) atoms. The minimum atomic E-state index is -0.263. The average molecular weight is 256 g/mol. The average Bonchev–Trinajstić information content (AvgIpc) is 2.97. The fourth-order valence-electron chi connectivity index (χ4n) is 1.70. The summed E-state index contributed by atoms with van der Waals surface area (Å²) >= 11 is 1.50. The Kier molecular flexibility index (Phi) is 4.33. The molecule has 6 heteroatoms. The Morgan fingerprint density at radius 3 is 3.35 bits per heavy atom. The van der Waals surface area contributed by atoms with Crippen molar-refractivity contribution in [1.82, 2.24) is 4.98 Å². The van der Waals surface area contributed by atoms with Crippen molar-refractivity contribution in [2.75, 3.05) is 25.6 Å². The number of anilines is 1. The van der Waals surface area contributed by atoms with Gasteiger partial charge in [-0.15, -0.1) is 11.3 Å². The lowest BCUT2D eigenvalue weighted by Crippen LogP contribution is -2.18. The van der Waals surface area contributed by atoms with Gasteiger partial charge in [-0.2, -0.15) is 0 Å². The minimum absolute atomic E-state index is 0.231. The Morgan fingerprint density at radius 2 is 2.65 bits per heavy atom. The van der Waals surface area contributed by atoms with Crippen LogP contribution < -0.4 is 5.32 Å². The molecule has 0 radical (unpaired) electrons. The maximum atomic E-state index is 11.1. The highest BCUT2D eigenvalue weighted by atomic mass is 32.1. The van der Waals surface area contributed by atoms with Gasteiger partial charge in [0.2, 0.25) is 0 Å². The van der Waals surface area contributed by atoms with Crippen LogP contribution in [0.5, 0.6) is 0 Å². The molecule has 1 fully saturated rings. The van der Waals surface area contributed by atoms with Crippen LogP contribution in [0.4, 0.5) is 5.13 Å². The van der Waals surface area contributed by atoms with E-state index in [4.69, 9.17) is 4.74 Å². The van der Waals surface area contributed by atoms with E-state index in [9.17, 15) is 4.79 Å². The predicted molar refractivity (Wildman–Crippen MR) is 65.3 cm³/mol. The molecule has 0 unspecified atom stereocenters. The van der Waals surface area contributed by atoms with Gasteiger partial charge in [0.05, 0.1) is 25.3 Å². The van der Waals surface area contributed by atoms with E-state index in [1.807, 2.05) is 5.38 Å². The van der Waals surface area contributed by atoms with Crippen molar-refractivity contribution in [3.05, 3.63) is 11.1 Å². The molecule has 5 nitrogen and oxygen atoms in total. The third-order valence-electron chi connectivity index (χ3n) is 2.61. The number of hydrogen-bond acceptors (Lipinski definition) is 6. The van der Waals surface area contributed by atoms with E-state index in [2.05, 4.69) is 15.0 Å².